The van der Waals surface area contributed by atoms with Crippen LogP contribution in [-0.4, -0.2) is 55.6 Å². The van der Waals surface area contributed by atoms with Crippen LogP contribution in [0, 0.1) is 75.1 Å². The van der Waals surface area contributed by atoms with Crippen LogP contribution >= 0.6 is 11.6 Å². The van der Waals surface area contributed by atoms with Crippen LogP contribution in [-0.2, 0) is 63.2 Å². The highest BCUT2D eigenvalue weighted by atomic mass is 35.5. The van der Waals surface area contributed by atoms with Gasteiger partial charge in [-0.15, -0.1) is 0 Å². The molecule has 0 aliphatic carbocycles. The van der Waals surface area contributed by atoms with Crippen LogP contribution in [0.25, 0.3) is 6.08 Å². The molecular formula is C94H104ClF6N5O15. The Labute approximate surface area is 707 Å². The highest BCUT2D eigenvalue weighted by Crippen LogP contribution is 2.37. The molecular weight excluding hydrogens is 1590 g/mol. The van der Waals surface area contributed by atoms with E-state index in [9.17, 15) is 76.4 Å². The predicted molar refractivity (Wildman–Crippen MR) is 456 cm³/mol. The van der Waals surface area contributed by atoms with E-state index in [1.165, 1.54) is 35.9 Å². The summed E-state index contributed by atoms with van der Waals surface area (Å²) in [7, 11) is 0. The van der Waals surface area contributed by atoms with E-state index in [4.69, 9.17) is 35.3 Å². The molecule has 0 radical (unpaired) electrons. The van der Waals surface area contributed by atoms with E-state index >= 15 is 0 Å². The normalized spacial score (nSPS) is 10.7. The van der Waals surface area contributed by atoms with Crippen molar-refractivity contribution in [2.24, 2.45) is 0 Å². The van der Waals surface area contributed by atoms with Crippen molar-refractivity contribution < 1.29 is 100 Å². The molecule has 10 aromatic carbocycles. The third kappa shape index (κ3) is 28.9. The lowest BCUT2D eigenvalue weighted by molar-refractivity contribution is -0.137. The highest BCUT2D eigenvalue weighted by Gasteiger charge is 2.32. The molecule has 20 nitrogen and oxygen atoms in total. The van der Waals surface area contributed by atoms with Gasteiger partial charge in [0.2, 0.25) is 29.5 Å². The van der Waals surface area contributed by atoms with Crippen molar-refractivity contribution in [1.82, 2.24) is 0 Å². The first kappa shape index (κ1) is 97.8. The van der Waals surface area contributed by atoms with Gasteiger partial charge >= 0.3 is 6.18 Å². The summed E-state index contributed by atoms with van der Waals surface area (Å²) in [5.74, 6) is 0.418. The number of nitrogens with zero attached hydrogens (tertiary/aromatic N) is 5. The van der Waals surface area contributed by atoms with Crippen molar-refractivity contribution in [2.45, 2.75) is 182 Å². The SMILES string of the molecule is C=Cc1ccc(COc2ccc(C)cc2C)c(N(O)C(=O)CC)c1.CCC(=O)N(O)c1cc(Cl)ccc1COc1ccc(C)cc1C.CCC(=O)N(O)c1cc(F)ccc1COc1ccc(C)cc1C.CCC(=O)N(O)c1ccc(C(F)(F)F)cc1COc1ccc(C)cc1C.CCC(=O)N(O)c1ccc(C(F)F)cc1COc1ccc(C)cc1C. The Morgan fingerprint density at radius 1 is 0.364 bits per heavy atom. The summed E-state index contributed by atoms with van der Waals surface area (Å²) < 4.78 is 107. The monoisotopic (exact) mass is 1690 g/mol. The zero-order valence-electron chi connectivity index (χ0n) is 70.5. The Morgan fingerprint density at radius 3 is 0.967 bits per heavy atom. The Morgan fingerprint density at radius 2 is 0.653 bits per heavy atom. The van der Waals surface area contributed by atoms with Gasteiger partial charge in [0.15, 0.2) is 0 Å². The molecule has 0 bridgehead atoms. The molecule has 0 spiro atoms. The van der Waals surface area contributed by atoms with E-state index in [0.717, 1.165) is 97.0 Å². The lowest BCUT2D eigenvalue weighted by atomic mass is 10.1. The fraction of sp³-hybridized carbons (Fsp3) is 0.287. The first-order valence-electron chi connectivity index (χ1n) is 38.8. The molecule has 0 fully saturated rings. The summed E-state index contributed by atoms with van der Waals surface area (Å²) in [6, 6.07) is 49.6. The zero-order chi connectivity index (χ0) is 89.7. The second kappa shape index (κ2) is 46.5. The van der Waals surface area contributed by atoms with Crippen LogP contribution in [0.1, 0.15) is 173 Å². The molecule has 5 N–H and O–H groups in total. The number of halogens is 7. The number of hydrogen-bond acceptors (Lipinski definition) is 15. The van der Waals surface area contributed by atoms with Gasteiger partial charge in [-0.25, -0.2) is 13.2 Å². The molecule has 0 unspecified atom stereocenters. The minimum absolute atomic E-state index is 0.00882. The Balaban J connectivity index is 0.000000234. The lowest BCUT2D eigenvalue weighted by Crippen LogP contribution is -2.27. The average molecular weight is 1690 g/mol. The number of carbonyl (C=O) groups is 5. The number of aryl methyl sites for hydroxylation is 10. The summed E-state index contributed by atoms with van der Waals surface area (Å²) in [5, 5.41) is 53.3. The van der Waals surface area contributed by atoms with Crippen LogP contribution in [0.5, 0.6) is 28.7 Å². The first-order valence-corrected chi connectivity index (χ1v) is 39.2. The molecule has 0 saturated carbocycles. The van der Waals surface area contributed by atoms with E-state index < -0.39 is 47.6 Å². The number of hydroxylamine groups is 5. The van der Waals surface area contributed by atoms with E-state index in [1.807, 2.05) is 154 Å². The zero-order valence-corrected chi connectivity index (χ0v) is 71.2. The first-order chi connectivity index (χ1) is 57.2. The summed E-state index contributed by atoms with van der Waals surface area (Å²) >= 11 is 5.98. The van der Waals surface area contributed by atoms with Crippen molar-refractivity contribution in [2.75, 3.05) is 25.3 Å². The summed E-state index contributed by atoms with van der Waals surface area (Å²) in [4.78, 5) is 58.7. The molecule has 644 valence electrons. The third-order valence-corrected chi connectivity index (χ3v) is 18.8. The van der Waals surface area contributed by atoms with Crippen LogP contribution in [0.4, 0.5) is 54.8 Å². The fourth-order valence-electron chi connectivity index (χ4n) is 11.9. The number of benzene rings is 10. The largest absolute Gasteiger partial charge is 0.489 e. The highest BCUT2D eigenvalue weighted by molar-refractivity contribution is 6.31. The number of carbonyl (C=O) groups excluding carboxylic acids is 5. The maximum atomic E-state index is 13.5. The van der Waals surface area contributed by atoms with Crippen LogP contribution in [0.3, 0.4) is 0 Å². The van der Waals surface area contributed by atoms with E-state index in [-0.39, 0.29) is 99.2 Å². The fourth-order valence-corrected chi connectivity index (χ4v) is 12.1. The van der Waals surface area contributed by atoms with Crippen LogP contribution < -0.4 is 49.0 Å². The quantitative estimate of drug-likeness (QED) is 0.0182. The summed E-state index contributed by atoms with van der Waals surface area (Å²) in [5.41, 5.74) is 13.4. The second-order valence-corrected chi connectivity index (χ2v) is 28.7. The Bertz CT molecular complexity index is 5120. The van der Waals surface area contributed by atoms with Gasteiger partial charge in [0.05, 0.1) is 34.0 Å². The van der Waals surface area contributed by atoms with Gasteiger partial charge in [0.1, 0.15) is 67.6 Å². The molecule has 5 amide bonds. The van der Waals surface area contributed by atoms with Crippen molar-refractivity contribution >= 4 is 75.6 Å². The van der Waals surface area contributed by atoms with E-state index in [0.29, 0.717) is 75.7 Å². The standard InChI is InChI=1S/C20H23NO3.C19H20F3NO3.C19H21F2NO3.C18H20ClNO3.C18H20FNO3/c1-5-16-8-9-17(18(12-16)21(23)20(22)6-2)13-24-19-10-7-14(3)11-15(19)4;1-4-18(24)23(25)16-7-6-15(19(20,21)22)10-14(16)11-26-17-8-5-12(2)9-13(17)3;1-4-18(23)22(24)16-7-6-14(19(20)21)10-15(16)11-25-17-8-5-12(2)9-13(17)3;2*1-4-18(21)20(22)16-10-15(19)7-6-14(16)11-23-17-8-5-12(2)9-13(17)3/h5,7-12,23H,1,6,13H2,2-4H3;5-10,25H,4,11H2,1-3H3;5-10,19,24H,4,11H2,1-3H3;2*5-10,22H,4,11H2,1-3H3. The number of anilines is 5. The van der Waals surface area contributed by atoms with Gasteiger partial charge in [-0.05, 0) is 188 Å². The molecule has 10 rings (SSSR count). The molecule has 121 heavy (non-hydrogen) atoms. The third-order valence-electron chi connectivity index (χ3n) is 18.6. The molecule has 0 atom stereocenters. The van der Waals surface area contributed by atoms with Gasteiger partial charge < -0.3 is 23.7 Å². The molecule has 0 heterocycles. The topological polar surface area (TPSA) is 249 Å². The number of alkyl halides is 5. The van der Waals surface area contributed by atoms with Crippen molar-refractivity contribution in [3.8, 4) is 28.7 Å². The Hall–Kier alpha value is -12.0. The van der Waals surface area contributed by atoms with E-state index in [2.05, 4.69) is 12.6 Å². The van der Waals surface area contributed by atoms with Crippen LogP contribution in [0.2, 0.25) is 5.02 Å². The van der Waals surface area contributed by atoms with Gasteiger partial charge in [-0.2, -0.15) is 38.5 Å². The van der Waals surface area contributed by atoms with Crippen molar-refractivity contribution in [1.29, 1.82) is 0 Å². The number of ether oxygens (including phenoxy) is 5. The molecule has 27 heteroatoms. The predicted octanol–water partition coefficient (Wildman–Crippen LogP) is 23.5. The lowest BCUT2D eigenvalue weighted by Gasteiger charge is -2.20. The number of rotatable bonds is 27. The van der Waals surface area contributed by atoms with Crippen molar-refractivity contribution in [3.63, 3.8) is 0 Å². The van der Waals surface area contributed by atoms with Gasteiger partial charge in [0, 0.05) is 76.6 Å². The molecule has 0 aromatic heterocycles. The maximum Gasteiger partial charge on any atom is 0.416 e. The molecule has 10 aromatic rings. The second-order valence-electron chi connectivity index (χ2n) is 28.3. The molecule has 0 aliphatic rings. The maximum absolute atomic E-state index is 13.5. The van der Waals surface area contributed by atoms with E-state index in [1.54, 1.807) is 77.1 Å². The van der Waals surface area contributed by atoms with Gasteiger partial charge in [0.25, 0.3) is 6.43 Å². The van der Waals surface area contributed by atoms with Gasteiger partial charge in [-0.1, -0.05) is 178 Å². The smallest absolute Gasteiger partial charge is 0.416 e. The summed E-state index contributed by atoms with van der Waals surface area (Å²) in [6.45, 7) is 31.7. The van der Waals surface area contributed by atoms with Crippen molar-refractivity contribution in [3.05, 3.63) is 300 Å². The Kier molecular flexibility index (Phi) is 37.6. The molecule has 0 saturated heterocycles. The molecule has 0 aliphatic heterocycles. The van der Waals surface area contributed by atoms with Gasteiger partial charge in [-0.3, -0.25) is 50.0 Å². The minimum atomic E-state index is -4.54. The van der Waals surface area contributed by atoms with Crippen LogP contribution in [0.15, 0.2) is 189 Å². The number of amides is 5. The average Bonchev–Trinajstić information content (AvgIpc) is 0.793. The number of hydrogen-bond donors (Lipinski definition) is 5. The minimum Gasteiger partial charge on any atom is -0.489 e. The summed E-state index contributed by atoms with van der Waals surface area (Å²) in [6.07, 6.45) is -4.90.